The van der Waals surface area contributed by atoms with E-state index in [0.29, 0.717) is 90.4 Å². The Balaban J connectivity index is 1.66. The van der Waals surface area contributed by atoms with Crippen molar-refractivity contribution in [1.29, 1.82) is 0 Å². The molecule has 0 aromatic carbocycles. The van der Waals surface area contributed by atoms with E-state index < -0.39 is 48.5 Å². The predicted octanol–water partition coefficient (Wildman–Crippen LogP) is 0.438. The maximum absolute atomic E-state index is 13.3. The van der Waals surface area contributed by atoms with Crippen molar-refractivity contribution in [3.05, 3.63) is 30.1 Å². The minimum Gasteiger partial charge on any atom is -0.481 e. The van der Waals surface area contributed by atoms with Crippen molar-refractivity contribution in [2.24, 2.45) is 11.8 Å². The van der Waals surface area contributed by atoms with Gasteiger partial charge in [0.2, 0.25) is 17.7 Å². The fourth-order valence-electron chi connectivity index (χ4n) is 6.26. The zero-order valence-electron chi connectivity index (χ0n) is 33.9. The van der Waals surface area contributed by atoms with Crippen molar-refractivity contribution in [3.63, 3.8) is 0 Å². The van der Waals surface area contributed by atoms with Crippen LogP contribution in [0.25, 0.3) is 0 Å². The van der Waals surface area contributed by atoms with Gasteiger partial charge >= 0.3 is 23.9 Å². The van der Waals surface area contributed by atoms with Crippen LogP contribution in [0.2, 0.25) is 0 Å². The van der Waals surface area contributed by atoms with Crippen LogP contribution < -0.4 is 31.9 Å². The van der Waals surface area contributed by atoms with Crippen molar-refractivity contribution in [1.82, 2.24) is 36.9 Å². The lowest BCUT2D eigenvalue weighted by molar-refractivity contribution is -0.141. The van der Waals surface area contributed by atoms with E-state index in [0.717, 1.165) is 31.2 Å². The smallest absolute Gasteiger partial charge is 0.326 e. The Labute approximate surface area is 344 Å². The molecule has 59 heavy (non-hydrogen) atoms. The van der Waals surface area contributed by atoms with Crippen LogP contribution >= 0.6 is 0 Å². The van der Waals surface area contributed by atoms with Gasteiger partial charge in [0, 0.05) is 51.8 Å². The van der Waals surface area contributed by atoms with Gasteiger partial charge in [-0.2, -0.15) is 0 Å². The highest BCUT2D eigenvalue weighted by atomic mass is 16.5. The van der Waals surface area contributed by atoms with Crippen LogP contribution in [-0.2, 0) is 49.4 Å². The Bertz CT molecular complexity index is 1430. The molecule has 20 heteroatoms. The zero-order valence-corrected chi connectivity index (χ0v) is 33.9. The summed E-state index contributed by atoms with van der Waals surface area (Å²) in [6.07, 6.45) is 7.76. The number of aliphatic carboxylic acids is 3. The first-order valence-corrected chi connectivity index (χ1v) is 20.2. The molecule has 3 atom stereocenters. The highest BCUT2D eigenvalue weighted by Gasteiger charge is 2.26. The molecule has 20 nitrogen and oxygen atoms in total. The van der Waals surface area contributed by atoms with Crippen LogP contribution in [-0.4, -0.2) is 146 Å². The van der Waals surface area contributed by atoms with Gasteiger partial charge in [0.1, 0.15) is 12.1 Å². The van der Waals surface area contributed by atoms with E-state index in [1.54, 1.807) is 12.4 Å². The molecule has 5 amide bonds. The largest absolute Gasteiger partial charge is 0.481 e. The monoisotopic (exact) mass is 837 g/mol. The molecule has 1 aliphatic carbocycles. The molecular weight excluding hydrogens is 774 g/mol. The van der Waals surface area contributed by atoms with Gasteiger partial charge in [0.05, 0.1) is 45.7 Å². The molecule has 1 aromatic heterocycles. The van der Waals surface area contributed by atoms with Crippen LogP contribution in [0.3, 0.4) is 0 Å². The maximum atomic E-state index is 13.3. The SMILES string of the molecule is CC(=O)NCCOCCOCCOCCC(=O)NCC1CCC(CN[C@@H](Cc2ccncc2)C(=O)NCCCC[C@H](NC(=O)N[C@@H](CCC(=O)O)C(=O)O)C(=O)O)CC1. The molecule has 332 valence electrons. The van der Waals surface area contributed by atoms with E-state index >= 15 is 0 Å². The number of urea groups is 1. The first kappa shape index (κ1) is 50.2. The van der Waals surface area contributed by atoms with Crippen molar-refractivity contribution < 1.29 is 63.1 Å². The number of ether oxygens (including phenoxy) is 3. The van der Waals surface area contributed by atoms with Crippen molar-refractivity contribution in [3.8, 4) is 0 Å². The second-order valence-electron chi connectivity index (χ2n) is 14.4. The molecule has 0 unspecified atom stereocenters. The summed E-state index contributed by atoms with van der Waals surface area (Å²) in [5.74, 6) is -3.63. The Hall–Kier alpha value is -4.92. The number of amides is 5. The number of unbranched alkanes of at least 4 members (excludes halogenated alkanes) is 1. The van der Waals surface area contributed by atoms with Gasteiger partial charge in [0.25, 0.3) is 0 Å². The normalized spacial score (nSPS) is 16.5. The number of carbonyl (C=O) groups is 7. The number of nitrogens with zero attached hydrogens (tertiary/aromatic N) is 1. The zero-order chi connectivity index (χ0) is 43.3. The minimum absolute atomic E-state index is 0.0172. The summed E-state index contributed by atoms with van der Waals surface area (Å²) in [5.41, 5.74) is 0.936. The molecule has 0 radical (unpaired) electrons. The van der Waals surface area contributed by atoms with E-state index in [4.69, 9.17) is 19.3 Å². The van der Waals surface area contributed by atoms with Gasteiger partial charge in [-0.3, -0.25) is 24.2 Å². The first-order chi connectivity index (χ1) is 28.3. The van der Waals surface area contributed by atoms with E-state index in [9.17, 15) is 43.8 Å². The number of rotatable bonds is 32. The fraction of sp³-hybridized carbons (Fsp3) is 0.692. The topological polar surface area (TPSA) is 293 Å². The lowest BCUT2D eigenvalue weighted by Crippen LogP contribution is -2.51. The third-order valence-corrected chi connectivity index (χ3v) is 9.62. The molecular formula is C39H63N7O13. The lowest BCUT2D eigenvalue weighted by Gasteiger charge is -2.30. The highest BCUT2D eigenvalue weighted by molar-refractivity contribution is 5.86. The highest BCUT2D eigenvalue weighted by Crippen LogP contribution is 2.28. The first-order valence-electron chi connectivity index (χ1n) is 20.2. The van der Waals surface area contributed by atoms with Crippen LogP contribution in [0.5, 0.6) is 0 Å². The third-order valence-electron chi connectivity index (χ3n) is 9.62. The van der Waals surface area contributed by atoms with Crippen LogP contribution in [0, 0.1) is 11.8 Å². The second-order valence-corrected chi connectivity index (χ2v) is 14.4. The second kappa shape index (κ2) is 30.2. The molecule has 9 N–H and O–H groups in total. The third kappa shape index (κ3) is 24.6. The molecule has 1 saturated carbocycles. The van der Waals surface area contributed by atoms with Crippen molar-refractivity contribution in [2.45, 2.75) is 95.7 Å². The summed E-state index contributed by atoms with van der Waals surface area (Å²) in [6, 6.07) is -0.688. The van der Waals surface area contributed by atoms with E-state index in [-0.39, 0.29) is 43.5 Å². The van der Waals surface area contributed by atoms with Gasteiger partial charge in [-0.15, -0.1) is 0 Å². The van der Waals surface area contributed by atoms with Crippen molar-refractivity contribution >= 4 is 41.7 Å². The number of carboxylic acids is 3. The lowest BCUT2D eigenvalue weighted by atomic mass is 9.82. The van der Waals surface area contributed by atoms with E-state index in [2.05, 4.69) is 36.9 Å². The Morgan fingerprint density at radius 2 is 1.25 bits per heavy atom. The van der Waals surface area contributed by atoms with Crippen LogP contribution in [0.1, 0.15) is 76.7 Å². The Morgan fingerprint density at radius 1 is 0.678 bits per heavy atom. The average Bonchev–Trinajstić information content (AvgIpc) is 3.20. The predicted molar refractivity (Wildman–Crippen MR) is 212 cm³/mol. The molecule has 0 spiro atoms. The average molecular weight is 838 g/mol. The summed E-state index contributed by atoms with van der Waals surface area (Å²) in [6.45, 7) is 5.74. The number of aromatic nitrogens is 1. The number of carboxylic acid groups (broad SMARTS) is 3. The van der Waals surface area contributed by atoms with Crippen molar-refractivity contribution in [2.75, 3.05) is 65.8 Å². The van der Waals surface area contributed by atoms with Gasteiger partial charge in [-0.1, -0.05) is 0 Å². The molecule has 2 rings (SSSR count). The van der Waals surface area contributed by atoms with Gasteiger partial charge in [-0.05, 0) is 93.9 Å². The molecule has 1 heterocycles. The maximum Gasteiger partial charge on any atom is 0.326 e. The molecule has 0 bridgehead atoms. The number of hydrogen-bond acceptors (Lipinski definition) is 12. The summed E-state index contributed by atoms with van der Waals surface area (Å²) >= 11 is 0. The summed E-state index contributed by atoms with van der Waals surface area (Å²) in [5, 5.41) is 43.9. The Morgan fingerprint density at radius 3 is 1.85 bits per heavy atom. The van der Waals surface area contributed by atoms with Gasteiger partial charge in [0.15, 0.2) is 0 Å². The van der Waals surface area contributed by atoms with E-state index in [1.807, 2.05) is 12.1 Å². The van der Waals surface area contributed by atoms with Gasteiger partial charge in [-0.25, -0.2) is 14.4 Å². The van der Waals surface area contributed by atoms with Crippen LogP contribution in [0.15, 0.2) is 24.5 Å². The molecule has 0 saturated heterocycles. The molecule has 1 aliphatic rings. The number of pyridine rings is 1. The van der Waals surface area contributed by atoms with E-state index in [1.165, 1.54) is 6.92 Å². The standard InChI is InChI=1S/C39H63N7O13/c1-27(47)41-17-19-58-21-23-59-22-20-57-18-13-34(48)44-26-30-7-5-29(6-8-30)25-43-33(24-28-11-15-40-16-12-28)36(51)42-14-3-2-4-31(37(52)53)45-39(56)46-32(38(54)55)9-10-35(49)50/h11-12,15-16,29-33,43H,2-10,13-14,17-26H2,1H3,(H,41,47)(H,42,51)(H,44,48)(H,49,50)(H,52,53)(H,54,55)(H2,45,46,56)/t29?,30?,31-,32-,33-/m0/s1. The molecule has 0 aliphatic heterocycles. The summed E-state index contributed by atoms with van der Waals surface area (Å²) in [7, 11) is 0. The quantitative estimate of drug-likeness (QED) is 0.0445. The summed E-state index contributed by atoms with van der Waals surface area (Å²) < 4.78 is 16.3. The minimum atomic E-state index is -1.50. The summed E-state index contributed by atoms with van der Waals surface area (Å²) in [4.78, 5) is 86.7. The van der Waals surface area contributed by atoms with Crippen LogP contribution in [0.4, 0.5) is 4.79 Å². The number of hydrogen-bond donors (Lipinski definition) is 9. The number of nitrogens with one attached hydrogen (secondary N) is 6. The van der Waals surface area contributed by atoms with Gasteiger partial charge < -0.3 is 61.4 Å². The molecule has 1 aromatic rings. The fourth-order valence-corrected chi connectivity index (χ4v) is 6.26. The Kier molecular flexibility index (Phi) is 25.7. The number of carbonyl (C=O) groups excluding carboxylic acids is 4. The molecule has 1 fully saturated rings.